The molecule has 0 saturated carbocycles. The van der Waals surface area contributed by atoms with Crippen molar-refractivity contribution in [1.82, 2.24) is 0 Å². The Morgan fingerprint density at radius 3 is 2.80 bits per heavy atom. The lowest BCUT2D eigenvalue weighted by atomic mass is 10.1. The zero-order valence-corrected chi connectivity index (χ0v) is 7.97. The highest BCUT2D eigenvalue weighted by Crippen LogP contribution is 2.23. The van der Waals surface area contributed by atoms with E-state index in [0.29, 0.717) is 12.0 Å². The first kappa shape index (κ1) is 11.0. The van der Waals surface area contributed by atoms with Crippen LogP contribution in [0.5, 0.6) is 5.75 Å². The number of benzene rings is 1. The van der Waals surface area contributed by atoms with E-state index in [1.807, 2.05) is 0 Å². The Kier molecular flexibility index (Phi) is 3.22. The van der Waals surface area contributed by atoms with Crippen molar-refractivity contribution in [3.8, 4) is 5.75 Å². The highest BCUT2D eigenvalue weighted by atomic mass is 17.0. The van der Waals surface area contributed by atoms with Crippen LogP contribution < -0.4 is 0 Å². The molecule has 0 fully saturated rings. The smallest absolute Gasteiger partial charge is 0.338 e. The average molecular weight is 211 g/mol. The third kappa shape index (κ3) is 2.43. The number of carbonyl (C=O) groups excluding carboxylic acids is 1. The van der Waals surface area contributed by atoms with Gasteiger partial charge in [-0.2, -0.15) is 0 Å². The molecule has 1 rings (SSSR count). The van der Waals surface area contributed by atoms with Gasteiger partial charge in [-0.05, 0) is 18.1 Å². The molecule has 0 amide bonds. The third-order valence-corrected chi connectivity index (χ3v) is 1.88. The van der Waals surface area contributed by atoms with Crippen LogP contribution in [-0.4, -0.2) is 16.2 Å². The first-order valence-corrected chi connectivity index (χ1v) is 4.23. The number of phenols is 1. The minimum absolute atomic E-state index is 0.203. The molecule has 0 aliphatic heterocycles. The number of carbonyl (C=O) groups is 1. The highest BCUT2D eigenvalue weighted by Gasteiger charge is 2.16. The van der Waals surface area contributed by atoms with Gasteiger partial charge in [-0.1, -0.05) is 19.1 Å². The molecule has 0 radical (unpaired) electrons. The summed E-state index contributed by atoms with van der Waals surface area (Å²) < 4.78 is 0. The van der Waals surface area contributed by atoms with Crippen LogP contribution in [0.4, 0.5) is 0 Å². The molecule has 1 N–H and O–H groups in total. The van der Waals surface area contributed by atoms with Crippen molar-refractivity contribution < 1.29 is 19.8 Å². The summed E-state index contributed by atoms with van der Waals surface area (Å²) in [5, 5.41) is 18.3. The molecule has 1 aromatic carbocycles. The van der Waals surface area contributed by atoms with Crippen LogP contribution in [0.2, 0.25) is 0 Å². The second-order valence-electron chi connectivity index (χ2n) is 2.77. The molecule has 0 heterocycles. The van der Waals surface area contributed by atoms with E-state index in [1.54, 1.807) is 13.0 Å². The summed E-state index contributed by atoms with van der Waals surface area (Å²) in [5.74, 6) is -1.44. The average Bonchev–Trinajstić information content (AvgIpc) is 2.17. The van der Waals surface area contributed by atoms with Crippen molar-refractivity contribution in [3.63, 3.8) is 0 Å². The lowest BCUT2D eigenvalue weighted by Crippen LogP contribution is -2.11. The predicted octanol–water partition coefficient (Wildman–Crippen LogP) is 1.30. The van der Waals surface area contributed by atoms with Crippen molar-refractivity contribution in [1.29, 1.82) is 0 Å². The fourth-order valence-electron chi connectivity index (χ4n) is 1.16. The Bertz CT molecular complexity index is 401. The molecule has 0 aromatic heterocycles. The van der Waals surface area contributed by atoms with E-state index >= 15 is 0 Å². The molecule has 6 nitrogen and oxygen atoms in total. The largest absolute Gasteiger partial charge is 0.507 e. The van der Waals surface area contributed by atoms with E-state index in [0.717, 1.165) is 0 Å². The fourth-order valence-corrected chi connectivity index (χ4v) is 1.16. The van der Waals surface area contributed by atoms with E-state index in [4.69, 9.17) is 0 Å². The maximum Gasteiger partial charge on any atom is 0.338 e. The molecule has 80 valence electrons. The van der Waals surface area contributed by atoms with Gasteiger partial charge >= 0.3 is 11.1 Å². The van der Waals surface area contributed by atoms with E-state index < -0.39 is 11.1 Å². The topological polar surface area (TPSA) is 89.7 Å². The first-order chi connectivity index (χ1) is 7.06. The van der Waals surface area contributed by atoms with Crippen LogP contribution in [0.15, 0.2) is 18.2 Å². The van der Waals surface area contributed by atoms with Crippen molar-refractivity contribution in [2.75, 3.05) is 0 Å². The van der Waals surface area contributed by atoms with Gasteiger partial charge in [-0.3, -0.25) is 4.79 Å². The quantitative estimate of drug-likeness (QED) is 0.601. The zero-order chi connectivity index (χ0) is 11.4. The summed E-state index contributed by atoms with van der Waals surface area (Å²) in [5.41, 5.74) is 0.332. The molecular weight excluding hydrogens is 202 g/mol. The van der Waals surface area contributed by atoms with Crippen molar-refractivity contribution >= 4 is 5.97 Å². The molecule has 6 heteroatoms. The highest BCUT2D eigenvalue weighted by molar-refractivity contribution is 5.92. The van der Waals surface area contributed by atoms with Crippen LogP contribution in [0.25, 0.3) is 0 Å². The van der Waals surface area contributed by atoms with E-state index in [2.05, 4.69) is 4.84 Å². The Labute approximate surface area is 85.2 Å². The number of aryl methyl sites for hydroxylation is 1. The van der Waals surface area contributed by atoms with Crippen molar-refractivity contribution in [2.45, 2.75) is 13.3 Å². The normalized spacial score (nSPS) is 9.67. The van der Waals surface area contributed by atoms with Crippen LogP contribution >= 0.6 is 0 Å². The SMILES string of the molecule is CCc1cccc(C(=O)O[N+](=O)[O-])c1O. The van der Waals surface area contributed by atoms with Gasteiger partial charge < -0.3 is 5.11 Å². The summed E-state index contributed by atoms with van der Waals surface area (Å²) in [6, 6.07) is 4.41. The van der Waals surface area contributed by atoms with Gasteiger partial charge in [-0.25, -0.2) is 4.84 Å². The minimum Gasteiger partial charge on any atom is -0.507 e. The van der Waals surface area contributed by atoms with Gasteiger partial charge in [0.25, 0.3) is 0 Å². The van der Waals surface area contributed by atoms with Crippen LogP contribution in [-0.2, 0) is 11.3 Å². The summed E-state index contributed by atoms with van der Waals surface area (Å²) in [6.45, 7) is 1.79. The maximum absolute atomic E-state index is 11.1. The molecule has 15 heavy (non-hydrogen) atoms. The molecule has 0 aliphatic rings. The lowest BCUT2D eigenvalue weighted by Gasteiger charge is -2.05. The number of para-hydroxylation sites is 1. The minimum atomic E-state index is -1.21. The van der Waals surface area contributed by atoms with E-state index in [-0.39, 0.29) is 11.3 Å². The third-order valence-electron chi connectivity index (χ3n) is 1.88. The Hall–Kier alpha value is -2.11. The lowest BCUT2D eigenvalue weighted by molar-refractivity contribution is -0.727. The molecule has 0 spiro atoms. The van der Waals surface area contributed by atoms with E-state index in [9.17, 15) is 20.0 Å². The second-order valence-corrected chi connectivity index (χ2v) is 2.77. The number of hydrogen-bond acceptors (Lipinski definition) is 5. The molecule has 0 saturated heterocycles. The van der Waals surface area contributed by atoms with Crippen LogP contribution in [0, 0.1) is 10.1 Å². The standard InChI is InChI=1S/C9H9NO5/c1-2-6-4-3-5-7(8(6)11)9(12)15-10(13)14/h3-5,11H,2H2,1H3. The summed E-state index contributed by atoms with van der Waals surface area (Å²) >= 11 is 0. The molecule has 0 aliphatic carbocycles. The summed E-state index contributed by atoms with van der Waals surface area (Å²) in [7, 11) is 0. The van der Waals surface area contributed by atoms with Crippen molar-refractivity contribution in [2.24, 2.45) is 0 Å². The molecule has 0 unspecified atom stereocenters. The van der Waals surface area contributed by atoms with E-state index in [1.165, 1.54) is 12.1 Å². The van der Waals surface area contributed by atoms with Crippen LogP contribution in [0.1, 0.15) is 22.8 Å². The maximum atomic E-state index is 11.1. The van der Waals surface area contributed by atoms with Gasteiger partial charge in [-0.15, -0.1) is 10.1 Å². The van der Waals surface area contributed by atoms with Gasteiger partial charge in [0.1, 0.15) is 5.75 Å². The van der Waals surface area contributed by atoms with Gasteiger partial charge in [0.05, 0.1) is 5.56 Å². The van der Waals surface area contributed by atoms with Crippen molar-refractivity contribution in [3.05, 3.63) is 39.4 Å². The number of rotatable bonds is 3. The monoisotopic (exact) mass is 211 g/mol. The second kappa shape index (κ2) is 4.41. The molecule has 1 aromatic rings. The number of phenolic OH excluding ortho intramolecular Hbond substituents is 1. The van der Waals surface area contributed by atoms with Gasteiger partial charge in [0.2, 0.25) is 0 Å². The zero-order valence-electron chi connectivity index (χ0n) is 7.97. The van der Waals surface area contributed by atoms with Crippen LogP contribution in [0.3, 0.4) is 0 Å². The number of hydrogen-bond donors (Lipinski definition) is 1. The Morgan fingerprint density at radius 1 is 1.60 bits per heavy atom. The number of aromatic hydroxyl groups is 1. The fraction of sp³-hybridized carbons (Fsp3) is 0.222. The molecule has 0 atom stereocenters. The predicted molar refractivity (Wildman–Crippen MR) is 49.9 cm³/mol. The van der Waals surface area contributed by atoms with Gasteiger partial charge in [0, 0.05) is 0 Å². The molecular formula is C9H9NO5. The Morgan fingerprint density at radius 2 is 2.27 bits per heavy atom. The summed E-state index contributed by atoms with van der Waals surface area (Å²) in [4.78, 5) is 24.8. The molecule has 0 bridgehead atoms. The number of nitrogens with zero attached hydrogens (tertiary/aromatic N) is 1. The Balaban J connectivity index is 3.04. The first-order valence-electron chi connectivity index (χ1n) is 4.23. The van der Waals surface area contributed by atoms with Gasteiger partial charge in [0.15, 0.2) is 0 Å². The summed E-state index contributed by atoms with van der Waals surface area (Å²) in [6.07, 6.45) is 0.519.